The first-order chi connectivity index (χ1) is 36.1. The lowest BCUT2D eigenvalue weighted by atomic mass is 10.1. The van der Waals surface area contributed by atoms with Crippen molar-refractivity contribution in [2.75, 3.05) is 39.1 Å². The van der Waals surface area contributed by atoms with Gasteiger partial charge < -0.3 is 29.6 Å². The van der Waals surface area contributed by atoms with Crippen LogP contribution in [0.4, 0.5) is 11.4 Å². The summed E-state index contributed by atoms with van der Waals surface area (Å²) < 4.78 is 83.0. The Bertz CT molecular complexity index is 3000. The fraction of sp³-hybridized carbons (Fsp3) is 0.320. The number of carbonyl (C=O) groups excluding carboxylic acids is 2. The van der Waals surface area contributed by atoms with Crippen LogP contribution in [0, 0.1) is 27.7 Å². The van der Waals surface area contributed by atoms with Crippen LogP contribution in [0.15, 0.2) is 107 Å². The number of hydrogen-bond acceptors (Lipinski definition) is 16. The number of aromatic nitrogens is 6. The van der Waals surface area contributed by atoms with Crippen LogP contribution in [0.25, 0.3) is 0 Å². The fourth-order valence-corrected chi connectivity index (χ4v) is 9.01. The maximum Gasteiger partial charge on any atom is 0.271 e. The molecule has 0 saturated heterocycles. The van der Waals surface area contributed by atoms with Crippen LogP contribution >= 0.6 is 0 Å². The van der Waals surface area contributed by atoms with Crippen LogP contribution in [-0.4, -0.2) is 109 Å². The summed E-state index contributed by atoms with van der Waals surface area (Å²) in [6.45, 7) is 13.7. The second kappa shape index (κ2) is 26.6. The number of methoxy groups -OCH3 is 4. The van der Waals surface area contributed by atoms with Gasteiger partial charge in [-0.1, -0.05) is 26.0 Å². The molecule has 4 aromatic heterocycles. The zero-order valence-electron chi connectivity index (χ0n) is 44.0. The van der Waals surface area contributed by atoms with Gasteiger partial charge in [-0.3, -0.25) is 41.3 Å². The van der Waals surface area contributed by atoms with Gasteiger partial charge in [0.1, 0.15) is 46.0 Å². The molecule has 6 N–H and O–H groups in total. The van der Waals surface area contributed by atoms with Crippen LogP contribution < -0.4 is 51.3 Å². The number of nitrogens with zero attached hydrogens (tertiary/aromatic N) is 8. The van der Waals surface area contributed by atoms with Crippen molar-refractivity contribution in [3.05, 3.63) is 143 Å². The molecule has 6 rings (SSSR count). The third kappa shape index (κ3) is 15.7. The number of ether oxygens (including phenoxy) is 4. The SMILES string of the molecule is COc1cccc(OC)c1NC(=NS(=O)(=O)[C@@H](C)[C@@H](C)c1ncc(C)cn1)NNC(=O)c1cncc(C)c1.COc1cccc(OC)c1NC(=NS(=O)(=O)[C@H](C)[C@H](C)c1ncc(C)cn1)NNC(=O)c1cncc(C)c1. The average molecular weight is 1080 g/mol. The number of hydrazine groups is 2. The first kappa shape index (κ1) is 58.4. The lowest BCUT2D eigenvalue weighted by Crippen LogP contribution is -2.45. The van der Waals surface area contributed by atoms with Crippen LogP contribution in [0.2, 0.25) is 0 Å². The minimum atomic E-state index is -4.16. The fourth-order valence-electron chi connectivity index (χ4n) is 6.71. The van der Waals surface area contributed by atoms with Crippen molar-refractivity contribution in [2.45, 2.75) is 77.7 Å². The first-order valence-corrected chi connectivity index (χ1v) is 26.3. The Labute approximate surface area is 442 Å². The quantitative estimate of drug-likeness (QED) is 0.0398. The predicted octanol–water partition coefficient (Wildman–Crippen LogP) is 5.46. The van der Waals surface area contributed by atoms with Crippen LogP contribution in [0.3, 0.4) is 0 Å². The van der Waals surface area contributed by atoms with Gasteiger partial charge in [0.25, 0.3) is 31.9 Å². The molecule has 2 amide bonds. The van der Waals surface area contributed by atoms with Gasteiger partial charge >= 0.3 is 0 Å². The number of anilines is 2. The number of rotatable bonds is 16. The highest BCUT2D eigenvalue weighted by atomic mass is 32.2. The van der Waals surface area contributed by atoms with Gasteiger partial charge in [0, 0.05) is 61.4 Å². The molecule has 0 aliphatic heterocycles. The zero-order chi connectivity index (χ0) is 55.7. The molecule has 4 heterocycles. The molecule has 2 aromatic carbocycles. The number of hydrogen-bond donors (Lipinski definition) is 6. The molecule has 0 fully saturated rings. The minimum Gasteiger partial charge on any atom is -0.494 e. The Morgan fingerprint density at radius 3 is 1.08 bits per heavy atom. The molecule has 0 radical (unpaired) electrons. The average Bonchev–Trinajstić information content (AvgIpc) is 3.41. The van der Waals surface area contributed by atoms with Gasteiger partial charge in [0.05, 0.1) is 50.1 Å². The molecule has 0 spiro atoms. The zero-order valence-corrected chi connectivity index (χ0v) is 45.7. The van der Waals surface area contributed by atoms with E-state index in [0.29, 0.717) is 46.0 Å². The predicted molar refractivity (Wildman–Crippen MR) is 287 cm³/mol. The van der Waals surface area contributed by atoms with Crippen LogP contribution in [-0.2, 0) is 20.0 Å². The van der Waals surface area contributed by atoms with E-state index in [4.69, 9.17) is 18.9 Å². The van der Waals surface area contributed by atoms with E-state index < -0.39 is 54.2 Å². The molecule has 0 saturated carbocycles. The molecule has 6 aromatic rings. The smallest absolute Gasteiger partial charge is 0.271 e. The Kier molecular flexibility index (Phi) is 20.4. The summed E-state index contributed by atoms with van der Waals surface area (Å²) in [5.74, 6) is -0.620. The summed E-state index contributed by atoms with van der Waals surface area (Å²) in [5, 5.41) is 3.76. The Balaban J connectivity index is 0.000000281. The van der Waals surface area contributed by atoms with Crippen LogP contribution in [0.5, 0.6) is 23.0 Å². The monoisotopic (exact) mass is 1080 g/mol. The van der Waals surface area contributed by atoms with E-state index in [1.54, 1.807) is 113 Å². The standard InChI is InChI=1S/2C25H31N7O5S/c2*1-15-10-19(14-26-11-15)24(33)30-31-25(29-22-20(36-5)8-7-9-21(22)37-6)32-38(34,35)18(4)17(3)23-27-12-16(2)13-28-23/h2*7-14,17-18H,1-6H3,(H,30,33)(H2,29,31,32)/t2*17-,18+/m10/s1. The largest absolute Gasteiger partial charge is 0.494 e. The van der Waals surface area contributed by atoms with Crippen molar-refractivity contribution in [2.24, 2.45) is 8.80 Å². The maximum absolute atomic E-state index is 13.4. The van der Waals surface area contributed by atoms with E-state index in [0.717, 1.165) is 22.3 Å². The van der Waals surface area contributed by atoms with Gasteiger partial charge in [-0.25, -0.2) is 36.8 Å². The highest BCUT2D eigenvalue weighted by Gasteiger charge is 2.32. The number of benzene rings is 2. The third-order valence-corrected chi connectivity index (χ3v) is 15.0. The van der Waals surface area contributed by atoms with Gasteiger partial charge in [0.2, 0.25) is 11.9 Å². The maximum atomic E-state index is 13.4. The highest BCUT2D eigenvalue weighted by molar-refractivity contribution is 7.91. The summed E-state index contributed by atoms with van der Waals surface area (Å²) in [6.07, 6.45) is 12.5. The molecule has 0 bridgehead atoms. The molecular formula is C50H62N14O10S2. The number of carbonyl (C=O) groups is 2. The summed E-state index contributed by atoms with van der Waals surface area (Å²) in [6, 6.07) is 13.3. The van der Waals surface area contributed by atoms with E-state index in [1.807, 2.05) is 13.8 Å². The van der Waals surface area contributed by atoms with Crippen molar-refractivity contribution < 1.29 is 45.4 Å². The lowest BCUT2D eigenvalue weighted by Gasteiger charge is -2.20. The van der Waals surface area contributed by atoms with E-state index >= 15 is 0 Å². The minimum absolute atomic E-state index is 0.271. The molecule has 24 nitrogen and oxygen atoms in total. The van der Waals surface area contributed by atoms with E-state index in [2.05, 4.69) is 71.0 Å². The third-order valence-electron chi connectivity index (χ3n) is 11.4. The highest BCUT2D eigenvalue weighted by Crippen LogP contribution is 2.35. The molecule has 404 valence electrons. The van der Waals surface area contributed by atoms with E-state index in [9.17, 15) is 26.4 Å². The number of para-hydroxylation sites is 2. The second-order valence-corrected chi connectivity index (χ2v) is 21.0. The second-order valence-electron chi connectivity index (χ2n) is 17.1. The number of nitrogens with one attached hydrogen (secondary N) is 6. The lowest BCUT2D eigenvalue weighted by molar-refractivity contribution is 0.0935. The van der Waals surface area contributed by atoms with Crippen molar-refractivity contribution in [1.82, 2.24) is 51.6 Å². The Hall–Kier alpha value is -8.52. The molecule has 0 aliphatic rings. The van der Waals surface area contributed by atoms with Crippen molar-refractivity contribution in [1.29, 1.82) is 0 Å². The number of amides is 2. The van der Waals surface area contributed by atoms with Gasteiger partial charge in [0.15, 0.2) is 0 Å². The van der Waals surface area contributed by atoms with E-state index in [1.165, 1.54) is 54.7 Å². The van der Waals surface area contributed by atoms with E-state index in [-0.39, 0.29) is 23.0 Å². The summed E-state index contributed by atoms with van der Waals surface area (Å²) in [4.78, 5) is 50.4. The molecular weight excluding hydrogens is 1020 g/mol. The molecule has 0 aliphatic carbocycles. The molecule has 4 atom stereocenters. The first-order valence-electron chi connectivity index (χ1n) is 23.3. The molecule has 26 heteroatoms. The van der Waals surface area contributed by atoms with Gasteiger partial charge in [-0.15, -0.1) is 8.80 Å². The van der Waals surface area contributed by atoms with Gasteiger partial charge in [-0.2, -0.15) is 0 Å². The number of aryl methyl sites for hydroxylation is 4. The molecule has 0 unspecified atom stereocenters. The van der Waals surface area contributed by atoms with Crippen molar-refractivity contribution in [3.63, 3.8) is 0 Å². The number of sulfonamides is 2. The van der Waals surface area contributed by atoms with Crippen molar-refractivity contribution in [3.8, 4) is 23.0 Å². The summed E-state index contributed by atoms with van der Waals surface area (Å²) >= 11 is 0. The van der Waals surface area contributed by atoms with Crippen molar-refractivity contribution >= 4 is 55.2 Å². The van der Waals surface area contributed by atoms with Crippen LogP contribution in [0.1, 0.15) is 94.1 Å². The summed E-state index contributed by atoms with van der Waals surface area (Å²) in [7, 11) is -2.49. The normalized spacial score (nSPS) is 13.3. The number of guanidine groups is 2. The Morgan fingerprint density at radius 1 is 0.474 bits per heavy atom. The molecule has 76 heavy (non-hydrogen) atoms. The Morgan fingerprint density at radius 2 is 0.789 bits per heavy atom. The van der Waals surface area contributed by atoms with Gasteiger partial charge in [-0.05, 0) is 100 Å². The number of pyridine rings is 2. The summed E-state index contributed by atoms with van der Waals surface area (Å²) in [5.41, 5.74) is 14.5. The topological polar surface area (TPSA) is 314 Å².